The predicted octanol–water partition coefficient (Wildman–Crippen LogP) is 3.51. The number of aromatic nitrogens is 5. The number of alkyl halides is 3. The molecule has 0 radical (unpaired) electrons. The van der Waals surface area contributed by atoms with Crippen LogP contribution in [0.4, 0.5) is 24.7 Å². The number of halogens is 3. The lowest BCUT2D eigenvalue weighted by atomic mass is 10.2. The largest absolute Gasteiger partial charge is 0.475 e. The normalized spacial score (nSPS) is 13.9. The topological polar surface area (TPSA) is 81.0 Å². The van der Waals surface area contributed by atoms with Gasteiger partial charge in [0.2, 0.25) is 11.7 Å². The monoisotopic (exact) mass is 433 g/mol. The maximum absolute atomic E-state index is 13.0. The average molecular weight is 433 g/mol. The standard InChI is InChI=1S/C20H22F3N7O/c1-13(2)31-18-9-15(5-6-24-18)25-10-14-3-4-16(26-11-14)29-7-8-30-17(12-29)27-28-19(30)20(21,22)23/h3-6,9,11,13H,7-8,10,12H2,1-2H3,(H,24,25). The first-order valence-corrected chi connectivity index (χ1v) is 9.85. The minimum Gasteiger partial charge on any atom is -0.475 e. The third-order valence-corrected chi connectivity index (χ3v) is 4.73. The van der Waals surface area contributed by atoms with Crippen LogP contribution in [-0.2, 0) is 25.8 Å². The van der Waals surface area contributed by atoms with Crippen LogP contribution in [-0.4, -0.2) is 37.4 Å². The molecule has 31 heavy (non-hydrogen) atoms. The molecule has 3 aromatic rings. The van der Waals surface area contributed by atoms with Crippen molar-refractivity contribution in [2.45, 2.75) is 45.8 Å². The van der Waals surface area contributed by atoms with E-state index in [0.717, 1.165) is 15.8 Å². The molecule has 1 aliphatic heterocycles. The van der Waals surface area contributed by atoms with Crippen molar-refractivity contribution in [2.24, 2.45) is 0 Å². The van der Waals surface area contributed by atoms with E-state index in [1.807, 2.05) is 43.0 Å². The van der Waals surface area contributed by atoms with Gasteiger partial charge in [0.05, 0.1) is 12.6 Å². The Bertz CT molecular complexity index is 1030. The summed E-state index contributed by atoms with van der Waals surface area (Å²) in [7, 11) is 0. The Labute approximate surface area is 177 Å². The van der Waals surface area contributed by atoms with Gasteiger partial charge in [-0.2, -0.15) is 13.2 Å². The van der Waals surface area contributed by atoms with Crippen LogP contribution in [0.5, 0.6) is 5.88 Å². The van der Waals surface area contributed by atoms with Gasteiger partial charge in [-0.15, -0.1) is 10.2 Å². The molecule has 3 aromatic heterocycles. The zero-order valence-corrected chi connectivity index (χ0v) is 17.1. The molecule has 0 amide bonds. The molecule has 0 atom stereocenters. The molecule has 164 valence electrons. The Balaban J connectivity index is 1.37. The molecule has 4 rings (SSSR count). The van der Waals surface area contributed by atoms with Gasteiger partial charge in [-0.3, -0.25) is 0 Å². The van der Waals surface area contributed by atoms with Gasteiger partial charge >= 0.3 is 6.18 Å². The predicted molar refractivity (Wildman–Crippen MR) is 108 cm³/mol. The van der Waals surface area contributed by atoms with Crippen LogP contribution in [0.1, 0.15) is 31.1 Å². The van der Waals surface area contributed by atoms with Crippen molar-refractivity contribution in [3.8, 4) is 5.88 Å². The molecule has 0 unspecified atom stereocenters. The van der Waals surface area contributed by atoms with Gasteiger partial charge in [-0.1, -0.05) is 6.07 Å². The first-order valence-electron chi connectivity index (χ1n) is 9.85. The maximum atomic E-state index is 13.0. The molecule has 1 aliphatic rings. The van der Waals surface area contributed by atoms with Crippen LogP contribution in [0, 0.1) is 0 Å². The van der Waals surface area contributed by atoms with Crippen LogP contribution in [0.15, 0.2) is 36.7 Å². The van der Waals surface area contributed by atoms with E-state index >= 15 is 0 Å². The summed E-state index contributed by atoms with van der Waals surface area (Å²) < 4.78 is 45.7. The maximum Gasteiger partial charge on any atom is 0.451 e. The minimum atomic E-state index is -4.50. The van der Waals surface area contributed by atoms with E-state index in [9.17, 15) is 13.2 Å². The lowest BCUT2D eigenvalue weighted by molar-refractivity contribution is -0.147. The van der Waals surface area contributed by atoms with Crippen molar-refractivity contribution < 1.29 is 17.9 Å². The molecule has 0 bridgehead atoms. The molecule has 0 aliphatic carbocycles. The second-order valence-electron chi connectivity index (χ2n) is 7.44. The fourth-order valence-electron chi connectivity index (χ4n) is 3.30. The summed E-state index contributed by atoms with van der Waals surface area (Å²) >= 11 is 0. The van der Waals surface area contributed by atoms with Crippen molar-refractivity contribution in [1.29, 1.82) is 0 Å². The number of nitrogens with one attached hydrogen (secondary N) is 1. The molecule has 11 heteroatoms. The fraction of sp³-hybridized carbons (Fsp3) is 0.400. The number of nitrogens with zero attached hydrogens (tertiary/aromatic N) is 6. The van der Waals surface area contributed by atoms with E-state index in [2.05, 4.69) is 25.5 Å². The third kappa shape index (κ3) is 4.86. The highest BCUT2D eigenvalue weighted by molar-refractivity contribution is 5.46. The highest BCUT2D eigenvalue weighted by Gasteiger charge is 2.39. The summed E-state index contributed by atoms with van der Waals surface area (Å²) in [5.74, 6) is 0.570. The highest BCUT2D eigenvalue weighted by atomic mass is 19.4. The van der Waals surface area contributed by atoms with Crippen LogP contribution in [0.25, 0.3) is 0 Å². The Morgan fingerprint density at radius 2 is 1.97 bits per heavy atom. The van der Waals surface area contributed by atoms with Crippen molar-refractivity contribution in [2.75, 3.05) is 16.8 Å². The second-order valence-corrected chi connectivity index (χ2v) is 7.44. The van der Waals surface area contributed by atoms with E-state index < -0.39 is 12.0 Å². The molecule has 8 nitrogen and oxygen atoms in total. The lowest BCUT2D eigenvalue weighted by Gasteiger charge is -2.29. The molecule has 0 aromatic carbocycles. The van der Waals surface area contributed by atoms with E-state index in [1.165, 1.54) is 0 Å². The molecule has 1 N–H and O–H groups in total. The van der Waals surface area contributed by atoms with E-state index in [0.29, 0.717) is 24.8 Å². The molecule has 0 spiro atoms. The smallest absolute Gasteiger partial charge is 0.451 e. The van der Waals surface area contributed by atoms with Gasteiger partial charge in [0.25, 0.3) is 0 Å². The molecule has 0 saturated heterocycles. The van der Waals surface area contributed by atoms with E-state index in [1.54, 1.807) is 12.4 Å². The summed E-state index contributed by atoms with van der Waals surface area (Å²) in [5, 5.41) is 10.3. The summed E-state index contributed by atoms with van der Waals surface area (Å²) in [6.07, 6.45) is -1.03. The SMILES string of the molecule is CC(C)Oc1cc(NCc2ccc(N3CCn4c(nnc4C(F)(F)F)C3)nc2)ccn1. The van der Waals surface area contributed by atoms with Gasteiger partial charge in [0, 0.05) is 43.8 Å². The Kier molecular flexibility index (Phi) is 5.66. The summed E-state index contributed by atoms with van der Waals surface area (Å²) in [4.78, 5) is 10.5. The van der Waals surface area contributed by atoms with Crippen LogP contribution in [0.3, 0.4) is 0 Å². The second kappa shape index (κ2) is 8.40. The summed E-state index contributed by atoms with van der Waals surface area (Å²) in [5.41, 5.74) is 1.84. The average Bonchev–Trinajstić information content (AvgIpc) is 3.16. The first kappa shape index (κ1) is 20.9. The Hall–Kier alpha value is -3.37. The number of pyridine rings is 2. The molecule has 0 saturated carbocycles. The molecule has 0 fully saturated rings. The number of hydrogen-bond acceptors (Lipinski definition) is 7. The van der Waals surface area contributed by atoms with Crippen molar-refractivity contribution in [3.05, 3.63) is 53.9 Å². The van der Waals surface area contributed by atoms with Crippen LogP contribution >= 0.6 is 0 Å². The molecular formula is C20H22F3N7O. The van der Waals surface area contributed by atoms with Gasteiger partial charge in [0.15, 0.2) is 5.82 Å². The number of rotatable bonds is 6. The van der Waals surface area contributed by atoms with Crippen LogP contribution in [0.2, 0.25) is 0 Å². The van der Waals surface area contributed by atoms with Gasteiger partial charge in [-0.25, -0.2) is 9.97 Å². The number of hydrogen-bond donors (Lipinski definition) is 1. The van der Waals surface area contributed by atoms with Crippen LogP contribution < -0.4 is 15.0 Å². The van der Waals surface area contributed by atoms with E-state index in [4.69, 9.17) is 4.74 Å². The lowest BCUT2D eigenvalue weighted by Crippen LogP contribution is -2.35. The van der Waals surface area contributed by atoms with Crippen molar-refractivity contribution in [3.63, 3.8) is 0 Å². The zero-order valence-electron chi connectivity index (χ0n) is 17.1. The van der Waals surface area contributed by atoms with Crippen molar-refractivity contribution >= 4 is 11.5 Å². The number of anilines is 2. The zero-order chi connectivity index (χ0) is 22.0. The minimum absolute atomic E-state index is 0.0446. The van der Waals surface area contributed by atoms with Gasteiger partial charge in [-0.05, 0) is 31.5 Å². The fourth-order valence-corrected chi connectivity index (χ4v) is 3.30. The summed E-state index contributed by atoms with van der Waals surface area (Å²) in [6.45, 7) is 5.22. The van der Waals surface area contributed by atoms with E-state index in [-0.39, 0.29) is 25.0 Å². The number of fused-ring (bicyclic) bond motifs is 1. The summed E-state index contributed by atoms with van der Waals surface area (Å²) in [6, 6.07) is 7.48. The molecular weight excluding hydrogens is 411 g/mol. The van der Waals surface area contributed by atoms with Crippen molar-refractivity contribution in [1.82, 2.24) is 24.7 Å². The van der Waals surface area contributed by atoms with Gasteiger partial charge < -0.3 is 19.5 Å². The Morgan fingerprint density at radius 1 is 1.13 bits per heavy atom. The molecule has 4 heterocycles. The third-order valence-electron chi connectivity index (χ3n) is 4.73. The number of ether oxygens (including phenoxy) is 1. The van der Waals surface area contributed by atoms with Gasteiger partial charge in [0.1, 0.15) is 5.82 Å². The first-order chi connectivity index (χ1) is 14.8. The highest BCUT2D eigenvalue weighted by Crippen LogP contribution is 2.30. The Morgan fingerprint density at radius 3 is 2.68 bits per heavy atom. The quantitative estimate of drug-likeness (QED) is 0.637.